The summed E-state index contributed by atoms with van der Waals surface area (Å²) in [7, 11) is 1.75. The summed E-state index contributed by atoms with van der Waals surface area (Å²) >= 11 is 3.11. The first kappa shape index (κ1) is 24.9. The molecule has 0 aromatic rings. The first-order chi connectivity index (χ1) is 9.74. The van der Waals surface area contributed by atoms with Gasteiger partial charge in [0.15, 0.2) is 5.62 Å². The molecule has 20 heavy (non-hydrogen) atoms. The Hall–Kier alpha value is -0.0600. The van der Waals surface area contributed by atoms with Gasteiger partial charge >= 0.3 is 0 Å². The molecule has 1 saturated carbocycles. The Morgan fingerprint density at radius 1 is 1.20 bits per heavy atom. The molecule has 0 aliphatic heterocycles. The molecule has 0 N–H and O–H groups in total. The van der Waals surface area contributed by atoms with Crippen LogP contribution in [0.4, 0.5) is 0 Å². The second-order valence-corrected chi connectivity index (χ2v) is 4.44. The predicted octanol–water partition coefficient (Wildman–Crippen LogP) is 4.78. The maximum absolute atomic E-state index is 8.67. The molecule has 1 unspecified atom stereocenters. The van der Waals surface area contributed by atoms with Gasteiger partial charge in [-0.15, -0.1) is 12.6 Å². The van der Waals surface area contributed by atoms with E-state index in [-0.39, 0.29) is 0 Å². The molecule has 0 heterocycles. The van der Waals surface area contributed by atoms with Crippen LogP contribution in [0, 0.1) is 5.92 Å². The van der Waals surface area contributed by atoms with Crippen LogP contribution in [-0.4, -0.2) is 32.0 Å². The molecule has 0 saturated heterocycles. The fraction of sp³-hybridized carbons (Fsp3) is 0.938. The van der Waals surface area contributed by atoms with Gasteiger partial charge in [0.2, 0.25) is 0 Å². The van der Waals surface area contributed by atoms with Gasteiger partial charge in [-0.3, -0.25) is 4.79 Å². The summed E-state index contributed by atoms with van der Waals surface area (Å²) in [6.45, 7) is 12.0. The third-order valence-electron chi connectivity index (χ3n) is 2.73. The number of hydrogen-bond acceptors (Lipinski definition) is 3. The predicted molar refractivity (Wildman–Crippen MR) is 92.3 cm³/mol. The normalized spacial score (nSPS) is 14.8. The molecule has 1 fully saturated rings. The lowest BCUT2D eigenvalue weighted by atomic mass is 10.1. The van der Waals surface area contributed by atoms with E-state index in [0.717, 1.165) is 19.6 Å². The molecule has 3 nitrogen and oxygen atoms in total. The van der Waals surface area contributed by atoms with Crippen molar-refractivity contribution < 1.29 is 14.3 Å². The minimum atomic E-state index is 0.444. The second-order valence-electron chi connectivity index (χ2n) is 4.23. The average Bonchev–Trinajstić information content (AvgIpc) is 3.01. The minimum Gasteiger partial charge on any atom is -0.385 e. The summed E-state index contributed by atoms with van der Waals surface area (Å²) in [5, 5.41) is 0. The molecule has 0 aromatic carbocycles. The zero-order valence-corrected chi connectivity index (χ0v) is 15.2. The molecule has 4 heteroatoms. The van der Waals surface area contributed by atoms with Crippen LogP contribution < -0.4 is 0 Å². The number of ether oxygens (including phenoxy) is 2. The van der Waals surface area contributed by atoms with Crippen LogP contribution in [0.25, 0.3) is 0 Å². The highest BCUT2D eigenvalue weighted by Crippen LogP contribution is 2.21. The van der Waals surface area contributed by atoms with Gasteiger partial charge in [0, 0.05) is 20.3 Å². The molecule has 0 radical (unpaired) electrons. The van der Waals surface area contributed by atoms with Crippen LogP contribution in [-0.2, 0) is 14.3 Å². The van der Waals surface area contributed by atoms with Gasteiger partial charge in [-0.1, -0.05) is 47.5 Å². The molecule has 0 spiro atoms. The fourth-order valence-electron chi connectivity index (χ4n) is 1.76. The number of thiol groups is 1. The van der Waals surface area contributed by atoms with Crippen LogP contribution in [0.2, 0.25) is 0 Å². The Morgan fingerprint density at radius 2 is 1.65 bits per heavy atom. The number of carbonyl (C=O) groups is 1. The van der Waals surface area contributed by atoms with E-state index in [1.54, 1.807) is 7.11 Å². The summed E-state index contributed by atoms with van der Waals surface area (Å²) in [6, 6.07) is 0. The zero-order valence-electron chi connectivity index (χ0n) is 14.4. The van der Waals surface area contributed by atoms with Gasteiger partial charge < -0.3 is 9.47 Å². The molecular formula is C16H36O3S. The van der Waals surface area contributed by atoms with E-state index in [1.165, 1.54) is 25.7 Å². The van der Waals surface area contributed by atoms with Crippen molar-refractivity contribution in [2.24, 2.45) is 5.92 Å². The average molecular weight is 309 g/mol. The van der Waals surface area contributed by atoms with E-state index in [2.05, 4.69) is 19.6 Å². The van der Waals surface area contributed by atoms with E-state index in [9.17, 15) is 0 Å². The van der Waals surface area contributed by atoms with Crippen LogP contribution in [0.5, 0.6) is 0 Å². The summed E-state index contributed by atoms with van der Waals surface area (Å²) in [6.07, 6.45) is 6.94. The van der Waals surface area contributed by atoms with Gasteiger partial charge in [-0.2, -0.15) is 0 Å². The van der Waals surface area contributed by atoms with Crippen molar-refractivity contribution in [3.8, 4) is 0 Å². The topological polar surface area (TPSA) is 35.5 Å². The number of methoxy groups -OCH3 is 1. The Bertz CT molecular complexity index is 160. The number of rotatable bonds is 6. The van der Waals surface area contributed by atoms with Gasteiger partial charge in [0.1, 0.15) is 0 Å². The van der Waals surface area contributed by atoms with Crippen molar-refractivity contribution in [1.29, 1.82) is 0 Å². The minimum absolute atomic E-state index is 0.444. The lowest BCUT2D eigenvalue weighted by Gasteiger charge is -2.15. The number of carbonyl (C=O) groups excluding carboxylic acids is 1. The second kappa shape index (κ2) is 24.0. The van der Waals surface area contributed by atoms with E-state index in [1.807, 2.05) is 27.7 Å². The molecule has 0 amide bonds. The standard InChI is InChI=1S/C11H22O2.2C2H6.CH2OS/c1-10(7-8-12-2)9-13-11-5-3-4-6-11;2*1-2;2-1-3/h10-11H,3-9H2,1-2H3;2*1-2H3;1H,(H,2,3). The van der Waals surface area contributed by atoms with Crippen LogP contribution >= 0.6 is 12.6 Å². The fourth-order valence-corrected chi connectivity index (χ4v) is 1.76. The van der Waals surface area contributed by atoms with Gasteiger partial charge in [-0.05, 0) is 25.2 Å². The summed E-state index contributed by atoms with van der Waals surface area (Å²) in [5.41, 5.74) is 0.444. The molecule has 124 valence electrons. The Morgan fingerprint density at radius 3 is 2.05 bits per heavy atom. The monoisotopic (exact) mass is 308 g/mol. The van der Waals surface area contributed by atoms with Gasteiger partial charge in [-0.25, -0.2) is 0 Å². The third kappa shape index (κ3) is 20.3. The molecule has 1 atom stereocenters. The van der Waals surface area contributed by atoms with Crippen LogP contribution in [0.15, 0.2) is 0 Å². The largest absolute Gasteiger partial charge is 0.385 e. The first-order valence-corrected chi connectivity index (χ1v) is 8.44. The summed E-state index contributed by atoms with van der Waals surface area (Å²) < 4.78 is 10.8. The quantitative estimate of drug-likeness (QED) is 0.566. The van der Waals surface area contributed by atoms with Crippen molar-refractivity contribution in [2.75, 3.05) is 20.3 Å². The summed E-state index contributed by atoms with van der Waals surface area (Å²) in [4.78, 5) is 8.67. The van der Waals surface area contributed by atoms with E-state index < -0.39 is 0 Å². The highest BCUT2D eigenvalue weighted by molar-refractivity contribution is 7.94. The van der Waals surface area contributed by atoms with Crippen LogP contribution in [0.1, 0.15) is 66.7 Å². The SMILES string of the molecule is CC.CC.COCCC(C)COC1CCCC1.O=CS. The maximum Gasteiger partial charge on any atom is 0.173 e. The lowest BCUT2D eigenvalue weighted by Crippen LogP contribution is -2.15. The third-order valence-corrected chi connectivity index (χ3v) is 2.73. The maximum atomic E-state index is 8.67. The Balaban J connectivity index is -0.000000355. The highest BCUT2D eigenvalue weighted by atomic mass is 32.1. The molecule has 1 aliphatic carbocycles. The molecule has 1 aliphatic rings. The van der Waals surface area contributed by atoms with E-state index in [4.69, 9.17) is 14.3 Å². The molecule has 0 bridgehead atoms. The van der Waals surface area contributed by atoms with E-state index >= 15 is 0 Å². The van der Waals surface area contributed by atoms with E-state index in [0.29, 0.717) is 17.6 Å². The van der Waals surface area contributed by atoms with Gasteiger partial charge in [0.25, 0.3) is 0 Å². The van der Waals surface area contributed by atoms with Crippen molar-refractivity contribution >= 4 is 18.2 Å². The van der Waals surface area contributed by atoms with Crippen LogP contribution in [0.3, 0.4) is 0 Å². The Kier molecular flexibility index (Phi) is 29.9. The Labute approximate surface area is 132 Å². The van der Waals surface area contributed by atoms with Gasteiger partial charge in [0.05, 0.1) is 6.10 Å². The number of hydrogen-bond donors (Lipinski definition) is 1. The molecule has 0 aromatic heterocycles. The van der Waals surface area contributed by atoms with Crippen molar-refractivity contribution in [2.45, 2.75) is 72.8 Å². The lowest BCUT2D eigenvalue weighted by molar-refractivity contribution is 0.0297. The molecular weight excluding hydrogens is 272 g/mol. The first-order valence-electron chi connectivity index (χ1n) is 7.93. The van der Waals surface area contributed by atoms with Crippen molar-refractivity contribution in [3.63, 3.8) is 0 Å². The van der Waals surface area contributed by atoms with Crippen molar-refractivity contribution in [1.82, 2.24) is 0 Å². The summed E-state index contributed by atoms with van der Waals surface area (Å²) in [5.74, 6) is 0.639. The smallest absolute Gasteiger partial charge is 0.173 e. The zero-order chi connectivity index (χ0) is 16.2. The highest BCUT2D eigenvalue weighted by Gasteiger charge is 2.16. The molecule has 1 rings (SSSR count). The van der Waals surface area contributed by atoms with Crippen molar-refractivity contribution in [3.05, 3.63) is 0 Å².